The third-order valence-corrected chi connectivity index (χ3v) is 2.77. The minimum Gasteiger partial charge on any atom is -0.342 e. The summed E-state index contributed by atoms with van der Waals surface area (Å²) in [5.74, 6) is 0.130. The van der Waals surface area contributed by atoms with Gasteiger partial charge in [0.05, 0.1) is 18.4 Å². The van der Waals surface area contributed by atoms with Gasteiger partial charge < -0.3 is 10.6 Å². The highest BCUT2D eigenvalue weighted by Gasteiger charge is 2.26. The highest BCUT2D eigenvalue weighted by Crippen LogP contribution is 2.14. The molecular formula is C11H21N3O. The van der Waals surface area contributed by atoms with Gasteiger partial charge in [-0.25, -0.2) is 0 Å². The largest absolute Gasteiger partial charge is 0.342 e. The van der Waals surface area contributed by atoms with Crippen molar-refractivity contribution in [3.05, 3.63) is 0 Å². The van der Waals surface area contributed by atoms with Crippen molar-refractivity contribution < 1.29 is 4.79 Å². The lowest BCUT2D eigenvalue weighted by atomic mass is 9.94. The molecule has 0 aliphatic rings. The van der Waals surface area contributed by atoms with Gasteiger partial charge in [-0.3, -0.25) is 4.79 Å². The third kappa shape index (κ3) is 3.88. The van der Waals surface area contributed by atoms with Gasteiger partial charge in [0.25, 0.3) is 0 Å². The van der Waals surface area contributed by atoms with E-state index >= 15 is 0 Å². The van der Waals surface area contributed by atoms with Crippen molar-refractivity contribution in [3.63, 3.8) is 0 Å². The van der Waals surface area contributed by atoms with Crippen LogP contribution in [0.3, 0.4) is 0 Å². The molecule has 0 bridgehead atoms. The first kappa shape index (κ1) is 13.9. The van der Waals surface area contributed by atoms with E-state index in [4.69, 9.17) is 11.0 Å². The van der Waals surface area contributed by atoms with E-state index in [1.165, 1.54) is 0 Å². The van der Waals surface area contributed by atoms with Crippen molar-refractivity contribution >= 4 is 5.91 Å². The zero-order chi connectivity index (χ0) is 12.0. The lowest BCUT2D eigenvalue weighted by molar-refractivity contribution is -0.137. The number of nitrogens with zero attached hydrogens (tertiary/aromatic N) is 2. The van der Waals surface area contributed by atoms with Crippen LogP contribution in [0.1, 0.15) is 27.2 Å². The van der Waals surface area contributed by atoms with E-state index in [9.17, 15) is 4.79 Å². The van der Waals surface area contributed by atoms with Gasteiger partial charge in [-0.05, 0) is 12.8 Å². The standard InChI is InChI=1S/C11H21N3O/c1-8(2)10(7-13)11(15)14(4)9(3)5-6-12/h8-10H,5,7,13H2,1-4H3. The van der Waals surface area contributed by atoms with Crippen molar-refractivity contribution in [2.24, 2.45) is 17.6 Å². The number of rotatable bonds is 5. The summed E-state index contributed by atoms with van der Waals surface area (Å²) in [7, 11) is 1.73. The molecular weight excluding hydrogens is 190 g/mol. The molecule has 0 radical (unpaired) electrons. The second-order valence-electron chi connectivity index (χ2n) is 4.25. The topological polar surface area (TPSA) is 70.1 Å². The molecule has 0 heterocycles. The molecule has 0 fully saturated rings. The summed E-state index contributed by atoms with van der Waals surface area (Å²) >= 11 is 0. The van der Waals surface area contributed by atoms with E-state index < -0.39 is 0 Å². The third-order valence-electron chi connectivity index (χ3n) is 2.77. The van der Waals surface area contributed by atoms with Crippen LogP contribution in [0.2, 0.25) is 0 Å². The number of amides is 1. The summed E-state index contributed by atoms with van der Waals surface area (Å²) in [6.45, 7) is 6.20. The first-order valence-corrected chi connectivity index (χ1v) is 5.29. The van der Waals surface area contributed by atoms with E-state index in [0.717, 1.165) is 0 Å². The fourth-order valence-corrected chi connectivity index (χ4v) is 1.41. The number of hydrogen-bond acceptors (Lipinski definition) is 3. The molecule has 0 saturated carbocycles. The molecule has 1 amide bonds. The monoisotopic (exact) mass is 211 g/mol. The predicted molar refractivity (Wildman–Crippen MR) is 59.8 cm³/mol. The van der Waals surface area contributed by atoms with E-state index in [1.54, 1.807) is 11.9 Å². The smallest absolute Gasteiger partial charge is 0.227 e. The minimum atomic E-state index is -0.142. The van der Waals surface area contributed by atoms with Gasteiger partial charge in [-0.1, -0.05) is 13.8 Å². The Balaban J connectivity index is 4.48. The molecule has 0 aromatic carbocycles. The lowest BCUT2D eigenvalue weighted by Gasteiger charge is -2.28. The van der Waals surface area contributed by atoms with E-state index in [0.29, 0.717) is 13.0 Å². The molecule has 4 heteroatoms. The molecule has 0 spiro atoms. The average Bonchev–Trinajstić information content (AvgIpc) is 2.17. The van der Waals surface area contributed by atoms with Crippen LogP contribution in [0.5, 0.6) is 0 Å². The average molecular weight is 211 g/mol. The van der Waals surface area contributed by atoms with Gasteiger partial charge in [-0.15, -0.1) is 0 Å². The van der Waals surface area contributed by atoms with Crippen molar-refractivity contribution in [2.75, 3.05) is 13.6 Å². The number of carbonyl (C=O) groups is 1. The molecule has 0 saturated heterocycles. The number of carbonyl (C=O) groups excluding carboxylic acids is 1. The molecule has 4 nitrogen and oxygen atoms in total. The second-order valence-corrected chi connectivity index (χ2v) is 4.25. The lowest BCUT2D eigenvalue weighted by Crippen LogP contribution is -2.43. The number of nitrogens with two attached hydrogens (primary N) is 1. The van der Waals surface area contributed by atoms with E-state index in [-0.39, 0.29) is 23.8 Å². The maximum Gasteiger partial charge on any atom is 0.227 e. The van der Waals surface area contributed by atoms with Gasteiger partial charge in [0, 0.05) is 19.6 Å². The highest BCUT2D eigenvalue weighted by molar-refractivity contribution is 5.79. The summed E-state index contributed by atoms with van der Waals surface area (Å²) in [5.41, 5.74) is 5.57. The molecule has 15 heavy (non-hydrogen) atoms. The maximum atomic E-state index is 12.0. The Labute approximate surface area is 92.0 Å². The molecule has 0 aromatic heterocycles. The first-order valence-electron chi connectivity index (χ1n) is 5.29. The van der Waals surface area contributed by atoms with Crippen LogP contribution in [-0.4, -0.2) is 30.4 Å². The molecule has 2 atom stereocenters. The predicted octanol–water partition coefficient (Wildman–Crippen LogP) is 0.978. The highest BCUT2D eigenvalue weighted by atomic mass is 16.2. The minimum absolute atomic E-state index is 0.0373. The Bertz CT molecular complexity index is 245. The summed E-state index contributed by atoms with van der Waals surface area (Å²) in [6, 6.07) is 2.02. The van der Waals surface area contributed by atoms with Crippen molar-refractivity contribution in [2.45, 2.75) is 33.2 Å². The molecule has 86 valence electrons. The molecule has 0 aromatic rings. The van der Waals surface area contributed by atoms with Crippen LogP contribution in [0, 0.1) is 23.2 Å². The summed E-state index contributed by atoms with van der Waals surface area (Å²) in [5, 5.41) is 8.56. The van der Waals surface area contributed by atoms with Crippen LogP contribution in [0.25, 0.3) is 0 Å². The van der Waals surface area contributed by atoms with Gasteiger partial charge in [0.1, 0.15) is 0 Å². The quantitative estimate of drug-likeness (QED) is 0.737. The molecule has 2 N–H and O–H groups in total. The Morgan fingerprint density at radius 2 is 2.00 bits per heavy atom. The Morgan fingerprint density at radius 1 is 1.47 bits per heavy atom. The zero-order valence-corrected chi connectivity index (χ0v) is 10.0. The zero-order valence-electron chi connectivity index (χ0n) is 10.0. The second kappa shape index (κ2) is 6.41. The van der Waals surface area contributed by atoms with Gasteiger partial charge in [0.2, 0.25) is 5.91 Å². The Kier molecular flexibility index (Phi) is 5.95. The number of hydrogen-bond donors (Lipinski definition) is 1. The van der Waals surface area contributed by atoms with E-state index in [2.05, 4.69) is 6.07 Å². The van der Waals surface area contributed by atoms with Crippen LogP contribution in [0.4, 0.5) is 0 Å². The van der Waals surface area contributed by atoms with Crippen LogP contribution >= 0.6 is 0 Å². The summed E-state index contributed by atoms with van der Waals surface area (Å²) in [4.78, 5) is 13.6. The van der Waals surface area contributed by atoms with Crippen LogP contribution < -0.4 is 5.73 Å². The molecule has 0 aliphatic heterocycles. The van der Waals surface area contributed by atoms with Gasteiger partial charge >= 0.3 is 0 Å². The summed E-state index contributed by atoms with van der Waals surface area (Å²) in [6.07, 6.45) is 0.359. The fraction of sp³-hybridized carbons (Fsp3) is 0.818. The first-order chi connectivity index (χ1) is 6.95. The Morgan fingerprint density at radius 3 is 2.33 bits per heavy atom. The maximum absolute atomic E-state index is 12.0. The van der Waals surface area contributed by atoms with Crippen LogP contribution in [0.15, 0.2) is 0 Å². The fourth-order valence-electron chi connectivity index (χ4n) is 1.41. The van der Waals surface area contributed by atoms with Crippen LogP contribution in [-0.2, 0) is 4.79 Å². The van der Waals surface area contributed by atoms with E-state index in [1.807, 2.05) is 20.8 Å². The van der Waals surface area contributed by atoms with Crippen molar-refractivity contribution in [3.8, 4) is 6.07 Å². The van der Waals surface area contributed by atoms with Gasteiger partial charge in [0.15, 0.2) is 0 Å². The van der Waals surface area contributed by atoms with Crippen molar-refractivity contribution in [1.29, 1.82) is 5.26 Å². The SMILES string of the molecule is CC(C)C(CN)C(=O)N(C)C(C)CC#N. The normalized spacial score (nSPS) is 14.5. The summed E-state index contributed by atoms with van der Waals surface area (Å²) < 4.78 is 0. The molecule has 0 rings (SSSR count). The number of nitriles is 1. The van der Waals surface area contributed by atoms with Gasteiger partial charge in [-0.2, -0.15) is 5.26 Å². The van der Waals surface area contributed by atoms with Crippen molar-refractivity contribution in [1.82, 2.24) is 4.90 Å². The molecule has 0 aliphatic carbocycles. The Hall–Kier alpha value is -1.08. The molecule has 2 unspecified atom stereocenters.